The van der Waals surface area contributed by atoms with E-state index in [1.54, 1.807) is 19.1 Å². The zero-order valence-electron chi connectivity index (χ0n) is 23.5. The summed E-state index contributed by atoms with van der Waals surface area (Å²) in [5.74, 6) is -3.34. The molecule has 3 aliphatic rings. The van der Waals surface area contributed by atoms with Crippen LogP contribution in [0.1, 0.15) is 69.2 Å². The van der Waals surface area contributed by atoms with E-state index in [2.05, 4.69) is 10.2 Å². The van der Waals surface area contributed by atoms with Gasteiger partial charge in [-0.3, -0.25) is 9.69 Å². The normalized spacial score (nSPS) is 26.4. The Morgan fingerprint density at radius 2 is 1.81 bits per heavy atom. The van der Waals surface area contributed by atoms with E-state index in [4.69, 9.17) is 0 Å². The van der Waals surface area contributed by atoms with Crippen LogP contribution in [0, 0.1) is 5.92 Å². The molecule has 1 aromatic heterocycles. The fourth-order valence-corrected chi connectivity index (χ4v) is 8.47. The number of likely N-dealkylation sites (tertiary alicyclic amines) is 1. The number of hydrogen-bond donors (Lipinski definition) is 1. The number of alkyl halides is 5. The predicted octanol–water partition coefficient (Wildman–Crippen LogP) is 5.44. The van der Waals surface area contributed by atoms with Crippen LogP contribution in [0.4, 0.5) is 22.0 Å². The number of sulfonamides is 1. The van der Waals surface area contributed by atoms with Gasteiger partial charge in [0.15, 0.2) is 0 Å². The van der Waals surface area contributed by atoms with Crippen LogP contribution in [0.25, 0.3) is 0 Å². The van der Waals surface area contributed by atoms with E-state index in [-0.39, 0.29) is 43.8 Å². The molecule has 1 amide bonds. The van der Waals surface area contributed by atoms with Gasteiger partial charge in [-0.05, 0) is 61.9 Å². The number of nitrogens with zero attached hydrogens (tertiary/aromatic N) is 3. The number of amides is 1. The van der Waals surface area contributed by atoms with Gasteiger partial charge in [0.1, 0.15) is 0 Å². The zero-order valence-corrected chi connectivity index (χ0v) is 24.3. The number of rotatable bonds is 7. The highest BCUT2D eigenvalue weighted by atomic mass is 32.2. The Balaban J connectivity index is 1.29. The van der Waals surface area contributed by atoms with Crippen molar-refractivity contribution in [2.45, 2.75) is 93.5 Å². The van der Waals surface area contributed by atoms with Crippen LogP contribution in [0.5, 0.6) is 0 Å². The van der Waals surface area contributed by atoms with Gasteiger partial charge in [0.25, 0.3) is 5.92 Å². The number of halogens is 5. The average molecular weight is 617 g/mol. The standard InChI is InChI=1S/C29H37F5N4O3S/c1-20(17-26(39)35-22-6-3-7-23(19-22)36-13-10-28(30,31)11-14-36)27-25-9-4-12-37(25)15-16-38(27)42(40,41)24-8-2-5-21(18-24)29(32,33)34/h2,4-5,8-9,12,18,20,22-23,27H,3,6-7,10-11,13-17,19H2,1H3,(H,35,39). The molecule has 1 aromatic carbocycles. The van der Waals surface area contributed by atoms with Gasteiger partial charge < -0.3 is 9.88 Å². The first-order valence-electron chi connectivity index (χ1n) is 14.5. The number of nitrogens with one attached hydrogen (secondary N) is 1. The predicted molar refractivity (Wildman–Crippen MR) is 146 cm³/mol. The van der Waals surface area contributed by atoms with Gasteiger partial charge in [-0.15, -0.1) is 0 Å². The summed E-state index contributed by atoms with van der Waals surface area (Å²) in [7, 11) is -4.32. The minimum atomic E-state index is -4.69. The van der Waals surface area contributed by atoms with E-state index >= 15 is 0 Å². The van der Waals surface area contributed by atoms with Gasteiger partial charge in [0.05, 0.1) is 16.5 Å². The molecule has 2 aliphatic heterocycles. The van der Waals surface area contributed by atoms with Gasteiger partial charge in [0.2, 0.25) is 15.9 Å². The third-order valence-electron chi connectivity index (χ3n) is 8.91. The van der Waals surface area contributed by atoms with Crippen LogP contribution in [-0.4, -0.2) is 65.7 Å². The minimum absolute atomic E-state index is 0.0154. The molecule has 1 aliphatic carbocycles. The smallest absolute Gasteiger partial charge is 0.353 e. The first-order valence-corrected chi connectivity index (χ1v) is 15.9. The van der Waals surface area contributed by atoms with Crippen molar-refractivity contribution in [1.29, 1.82) is 0 Å². The molecule has 0 radical (unpaired) electrons. The molecule has 2 fully saturated rings. The summed E-state index contributed by atoms with van der Waals surface area (Å²) in [4.78, 5) is 14.9. The van der Waals surface area contributed by atoms with Crippen LogP contribution in [-0.2, 0) is 27.5 Å². The molecule has 1 N–H and O–H groups in total. The highest BCUT2D eigenvalue weighted by Gasteiger charge is 2.42. The van der Waals surface area contributed by atoms with Crippen molar-refractivity contribution < 1.29 is 35.2 Å². The van der Waals surface area contributed by atoms with Crippen molar-refractivity contribution in [2.75, 3.05) is 19.6 Å². The van der Waals surface area contributed by atoms with Gasteiger partial charge in [-0.1, -0.05) is 13.0 Å². The van der Waals surface area contributed by atoms with E-state index in [1.807, 2.05) is 10.8 Å². The largest absolute Gasteiger partial charge is 0.416 e. The second-order valence-electron chi connectivity index (χ2n) is 11.9. The monoisotopic (exact) mass is 616 g/mol. The Hall–Kier alpha value is -2.51. The fraction of sp³-hybridized carbons (Fsp3) is 0.621. The number of hydrogen-bond acceptors (Lipinski definition) is 4. The number of benzene rings is 1. The van der Waals surface area contributed by atoms with Gasteiger partial charge in [-0.25, -0.2) is 17.2 Å². The molecule has 0 spiro atoms. The maximum atomic E-state index is 13.7. The highest BCUT2D eigenvalue weighted by Crippen LogP contribution is 2.39. The Bertz CT molecular complexity index is 1370. The molecule has 0 bridgehead atoms. The maximum Gasteiger partial charge on any atom is 0.416 e. The maximum absolute atomic E-state index is 13.7. The lowest BCUT2D eigenvalue weighted by molar-refractivity contribution is -0.137. The molecule has 4 atom stereocenters. The Labute approximate surface area is 243 Å². The molecular formula is C29H37F5N4O3S. The molecular weight excluding hydrogens is 579 g/mol. The molecule has 4 unspecified atom stereocenters. The first kappa shape index (κ1) is 30.9. The topological polar surface area (TPSA) is 74.7 Å². The molecule has 2 aromatic rings. The summed E-state index contributed by atoms with van der Waals surface area (Å²) in [6.07, 6.45) is 0.0692. The van der Waals surface area contributed by atoms with Crippen LogP contribution in [0.15, 0.2) is 47.5 Å². The minimum Gasteiger partial charge on any atom is -0.353 e. The summed E-state index contributed by atoms with van der Waals surface area (Å²) < 4.78 is 98.0. The number of carbonyl (C=O) groups excluding carboxylic acids is 1. The number of aromatic nitrogens is 1. The number of carbonyl (C=O) groups is 1. The molecule has 232 valence electrons. The summed E-state index contributed by atoms with van der Waals surface area (Å²) in [6.45, 7) is 2.84. The molecule has 1 saturated carbocycles. The summed E-state index contributed by atoms with van der Waals surface area (Å²) in [6, 6.07) is 6.57. The Morgan fingerprint density at radius 3 is 2.52 bits per heavy atom. The van der Waals surface area contributed by atoms with Crippen molar-refractivity contribution in [2.24, 2.45) is 5.92 Å². The molecule has 42 heavy (non-hydrogen) atoms. The summed E-state index contributed by atoms with van der Waals surface area (Å²) in [5, 5.41) is 3.09. The zero-order chi connectivity index (χ0) is 30.3. The lowest BCUT2D eigenvalue weighted by Gasteiger charge is -2.41. The van der Waals surface area contributed by atoms with Crippen molar-refractivity contribution in [3.63, 3.8) is 0 Å². The van der Waals surface area contributed by atoms with Crippen LogP contribution >= 0.6 is 0 Å². The Kier molecular flexibility index (Phi) is 8.75. The van der Waals surface area contributed by atoms with Crippen LogP contribution < -0.4 is 5.32 Å². The molecule has 13 heteroatoms. The number of fused-ring (bicyclic) bond motifs is 1. The average Bonchev–Trinajstić information content (AvgIpc) is 3.41. The van der Waals surface area contributed by atoms with Crippen molar-refractivity contribution >= 4 is 15.9 Å². The van der Waals surface area contributed by atoms with E-state index in [9.17, 15) is 35.2 Å². The summed E-state index contributed by atoms with van der Waals surface area (Å²) in [5.41, 5.74) is -0.367. The highest BCUT2D eigenvalue weighted by molar-refractivity contribution is 7.89. The van der Waals surface area contributed by atoms with Crippen molar-refractivity contribution in [3.8, 4) is 0 Å². The third-order valence-corrected chi connectivity index (χ3v) is 10.8. The van der Waals surface area contributed by atoms with E-state index in [0.717, 1.165) is 37.5 Å². The third kappa shape index (κ3) is 6.67. The van der Waals surface area contributed by atoms with Crippen molar-refractivity contribution in [3.05, 3.63) is 53.9 Å². The SMILES string of the molecule is CC(CC(=O)NC1CCCC(N2CCC(F)(F)CC2)C1)C1c2cccn2CCN1S(=O)(=O)c1cccc(C(F)(F)F)c1. The van der Waals surface area contributed by atoms with Gasteiger partial charge in [0, 0.05) is 69.4 Å². The van der Waals surface area contributed by atoms with E-state index in [1.165, 1.54) is 4.31 Å². The van der Waals surface area contributed by atoms with Gasteiger partial charge in [-0.2, -0.15) is 17.5 Å². The Morgan fingerprint density at radius 1 is 1.07 bits per heavy atom. The second-order valence-corrected chi connectivity index (χ2v) is 13.8. The molecule has 5 rings (SSSR count). The van der Waals surface area contributed by atoms with Crippen LogP contribution in [0.3, 0.4) is 0 Å². The van der Waals surface area contributed by atoms with E-state index in [0.29, 0.717) is 37.8 Å². The second kappa shape index (κ2) is 11.9. The van der Waals surface area contributed by atoms with Crippen LogP contribution in [0.2, 0.25) is 0 Å². The van der Waals surface area contributed by atoms with Gasteiger partial charge >= 0.3 is 6.18 Å². The van der Waals surface area contributed by atoms with E-state index < -0.39 is 44.5 Å². The molecule has 3 heterocycles. The fourth-order valence-electron chi connectivity index (χ4n) is 6.74. The summed E-state index contributed by atoms with van der Waals surface area (Å²) >= 11 is 0. The van der Waals surface area contributed by atoms with Crippen molar-refractivity contribution in [1.82, 2.24) is 19.1 Å². The molecule has 1 saturated heterocycles. The quantitative estimate of drug-likeness (QED) is 0.421. The number of piperidine rings is 1. The molecule has 7 nitrogen and oxygen atoms in total. The lowest BCUT2D eigenvalue weighted by atomic mass is 9.88. The lowest BCUT2D eigenvalue weighted by Crippen LogP contribution is -2.50. The first-order chi connectivity index (χ1) is 19.7.